The smallest absolute Gasteiger partial charge is 0.328 e. The Hall–Kier alpha value is -1.06. The molecule has 0 aromatic carbocycles. The van der Waals surface area contributed by atoms with E-state index in [-0.39, 0.29) is 23.9 Å². The van der Waals surface area contributed by atoms with Gasteiger partial charge in [-0.25, -0.2) is 4.79 Å². The fourth-order valence-electron chi connectivity index (χ4n) is 3.56. The van der Waals surface area contributed by atoms with E-state index >= 15 is 0 Å². The van der Waals surface area contributed by atoms with Gasteiger partial charge < -0.3 is 10.1 Å². The molecule has 0 saturated heterocycles. The number of amides is 1. The number of carbonyl (C=O) groups is 2. The fourth-order valence-corrected chi connectivity index (χ4v) is 3.56. The van der Waals surface area contributed by atoms with Crippen molar-refractivity contribution in [3.8, 4) is 0 Å². The molecule has 1 amide bonds. The molecule has 126 valence electrons. The molecule has 0 heterocycles. The number of esters is 1. The third kappa shape index (κ3) is 5.62. The Morgan fingerprint density at radius 2 is 1.36 bits per heavy atom. The van der Waals surface area contributed by atoms with Gasteiger partial charge in [0.15, 0.2) is 0 Å². The number of carbonyl (C=O) groups excluding carboxylic acids is 2. The van der Waals surface area contributed by atoms with Gasteiger partial charge in [0.25, 0.3) is 0 Å². The summed E-state index contributed by atoms with van der Waals surface area (Å²) in [4.78, 5) is 24.4. The topological polar surface area (TPSA) is 55.4 Å². The lowest BCUT2D eigenvalue weighted by atomic mass is 9.88. The third-order valence-corrected chi connectivity index (χ3v) is 5.02. The second kappa shape index (κ2) is 9.16. The van der Waals surface area contributed by atoms with Crippen LogP contribution in [-0.2, 0) is 14.3 Å². The molecule has 2 rings (SSSR count). The van der Waals surface area contributed by atoms with E-state index in [1.807, 2.05) is 0 Å². The molecule has 2 aliphatic carbocycles. The maximum Gasteiger partial charge on any atom is 0.328 e. The Labute approximate surface area is 134 Å². The van der Waals surface area contributed by atoms with Gasteiger partial charge in [0.2, 0.25) is 5.91 Å². The third-order valence-electron chi connectivity index (χ3n) is 5.02. The maximum atomic E-state index is 12.2. The number of hydrogen-bond acceptors (Lipinski definition) is 3. The van der Waals surface area contributed by atoms with E-state index in [1.54, 1.807) is 6.92 Å². The predicted molar refractivity (Wildman–Crippen MR) is 86.4 cm³/mol. The van der Waals surface area contributed by atoms with Gasteiger partial charge in [0.1, 0.15) is 12.1 Å². The molecule has 0 aromatic rings. The number of rotatable bonds is 4. The molecule has 0 radical (unpaired) electrons. The minimum Gasteiger partial charge on any atom is -0.461 e. The van der Waals surface area contributed by atoms with E-state index in [4.69, 9.17) is 4.74 Å². The maximum absolute atomic E-state index is 12.2. The number of nitrogens with one attached hydrogen (secondary N) is 1. The quantitative estimate of drug-likeness (QED) is 0.805. The highest BCUT2D eigenvalue weighted by atomic mass is 16.5. The average molecular weight is 309 g/mol. The van der Waals surface area contributed by atoms with Crippen molar-refractivity contribution in [2.75, 3.05) is 0 Å². The first kappa shape index (κ1) is 17.3. The first-order chi connectivity index (χ1) is 10.7. The van der Waals surface area contributed by atoms with Crippen LogP contribution < -0.4 is 5.32 Å². The summed E-state index contributed by atoms with van der Waals surface area (Å²) < 4.78 is 5.62. The van der Waals surface area contributed by atoms with E-state index in [0.717, 1.165) is 51.4 Å². The Balaban J connectivity index is 1.74. The van der Waals surface area contributed by atoms with Crippen LogP contribution in [0.5, 0.6) is 0 Å². The van der Waals surface area contributed by atoms with E-state index in [2.05, 4.69) is 5.32 Å². The van der Waals surface area contributed by atoms with E-state index in [9.17, 15) is 9.59 Å². The average Bonchev–Trinajstić information content (AvgIpc) is 2.50. The van der Waals surface area contributed by atoms with Crippen molar-refractivity contribution in [3.05, 3.63) is 0 Å². The monoisotopic (exact) mass is 309 g/mol. The van der Waals surface area contributed by atoms with Gasteiger partial charge in [0.05, 0.1) is 0 Å². The summed E-state index contributed by atoms with van der Waals surface area (Å²) in [6.45, 7) is 1.74. The Morgan fingerprint density at radius 3 is 2.00 bits per heavy atom. The van der Waals surface area contributed by atoms with Crippen molar-refractivity contribution in [2.24, 2.45) is 5.92 Å². The summed E-state index contributed by atoms with van der Waals surface area (Å²) in [6.07, 6.45) is 13.4. The van der Waals surface area contributed by atoms with Crippen LogP contribution in [0.4, 0.5) is 0 Å². The van der Waals surface area contributed by atoms with Crippen molar-refractivity contribution in [1.82, 2.24) is 5.32 Å². The zero-order valence-electron chi connectivity index (χ0n) is 13.9. The number of ether oxygens (including phenoxy) is 1. The van der Waals surface area contributed by atoms with Crippen molar-refractivity contribution >= 4 is 11.9 Å². The summed E-state index contributed by atoms with van der Waals surface area (Å²) >= 11 is 0. The van der Waals surface area contributed by atoms with Gasteiger partial charge in [-0.05, 0) is 45.4 Å². The molecule has 22 heavy (non-hydrogen) atoms. The van der Waals surface area contributed by atoms with Gasteiger partial charge >= 0.3 is 5.97 Å². The van der Waals surface area contributed by atoms with Gasteiger partial charge in [-0.3, -0.25) is 4.79 Å². The van der Waals surface area contributed by atoms with Gasteiger partial charge in [-0.2, -0.15) is 0 Å². The van der Waals surface area contributed by atoms with Crippen molar-refractivity contribution in [2.45, 2.75) is 96.1 Å². The molecule has 1 N–H and O–H groups in total. The molecule has 0 spiro atoms. The SMILES string of the molecule is C[C@@H](NC(=O)C1CCCCC1)C(=O)OC1CCCCCCC1. The molecular weight excluding hydrogens is 278 g/mol. The van der Waals surface area contributed by atoms with Crippen LogP contribution >= 0.6 is 0 Å². The lowest BCUT2D eigenvalue weighted by Gasteiger charge is -2.25. The second-order valence-electron chi connectivity index (χ2n) is 6.97. The molecule has 4 nitrogen and oxygen atoms in total. The van der Waals surface area contributed by atoms with Gasteiger partial charge in [-0.1, -0.05) is 38.5 Å². The zero-order chi connectivity index (χ0) is 15.8. The first-order valence-corrected chi connectivity index (χ1v) is 9.17. The second-order valence-corrected chi connectivity index (χ2v) is 6.97. The summed E-state index contributed by atoms with van der Waals surface area (Å²) in [6, 6.07) is -0.528. The van der Waals surface area contributed by atoms with Crippen LogP contribution in [-0.4, -0.2) is 24.0 Å². The summed E-state index contributed by atoms with van der Waals surface area (Å²) in [5.41, 5.74) is 0. The van der Waals surface area contributed by atoms with Crippen molar-refractivity contribution in [3.63, 3.8) is 0 Å². The normalized spacial score (nSPS) is 23.1. The first-order valence-electron chi connectivity index (χ1n) is 9.17. The van der Waals surface area contributed by atoms with Crippen molar-refractivity contribution in [1.29, 1.82) is 0 Å². The largest absolute Gasteiger partial charge is 0.461 e. The summed E-state index contributed by atoms with van der Waals surface area (Å²) in [5.74, 6) is -0.151. The highest BCUT2D eigenvalue weighted by Gasteiger charge is 2.26. The van der Waals surface area contributed by atoms with E-state index < -0.39 is 6.04 Å². The summed E-state index contributed by atoms with van der Waals surface area (Å²) in [7, 11) is 0. The molecule has 1 atom stereocenters. The van der Waals surface area contributed by atoms with Gasteiger partial charge in [0, 0.05) is 5.92 Å². The van der Waals surface area contributed by atoms with E-state index in [1.165, 1.54) is 25.7 Å². The van der Waals surface area contributed by atoms with Crippen LogP contribution in [0.25, 0.3) is 0 Å². The van der Waals surface area contributed by atoms with Crippen LogP contribution in [0.15, 0.2) is 0 Å². The van der Waals surface area contributed by atoms with Gasteiger partial charge in [-0.15, -0.1) is 0 Å². The Kier molecular flexibility index (Phi) is 7.20. The van der Waals surface area contributed by atoms with Crippen LogP contribution in [0.1, 0.15) is 84.0 Å². The van der Waals surface area contributed by atoms with E-state index in [0.29, 0.717) is 0 Å². The standard InChI is InChI=1S/C18H31NO3/c1-14(19-17(20)15-10-6-5-7-11-15)18(21)22-16-12-8-3-2-4-9-13-16/h14-16H,2-13H2,1H3,(H,19,20)/t14-/m1/s1. The molecule has 4 heteroatoms. The molecule has 0 unspecified atom stereocenters. The Morgan fingerprint density at radius 1 is 0.864 bits per heavy atom. The van der Waals surface area contributed by atoms with Crippen molar-refractivity contribution < 1.29 is 14.3 Å². The van der Waals surface area contributed by atoms with Crippen LogP contribution in [0.2, 0.25) is 0 Å². The Bertz CT molecular complexity index is 355. The highest BCUT2D eigenvalue weighted by molar-refractivity contribution is 5.85. The molecule has 0 bridgehead atoms. The minimum absolute atomic E-state index is 0.0295. The fraction of sp³-hybridized carbons (Fsp3) is 0.889. The molecule has 0 aromatic heterocycles. The highest BCUT2D eigenvalue weighted by Crippen LogP contribution is 2.24. The minimum atomic E-state index is -0.528. The van der Waals surface area contributed by atoms with Crippen LogP contribution in [0, 0.1) is 5.92 Å². The van der Waals surface area contributed by atoms with Crippen LogP contribution in [0.3, 0.4) is 0 Å². The molecule has 2 fully saturated rings. The predicted octanol–water partition coefficient (Wildman–Crippen LogP) is 3.73. The zero-order valence-corrected chi connectivity index (χ0v) is 13.9. The summed E-state index contributed by atoms with van der Waals surface area (Å²) in [5, 5.41) is 2.85. The molecule has 2 saturated carbocycles. The molecule has 2 aliphatic rings. The number of hydrogen-bond donors (Lipinski definition) is 1. The molecule has 0 aliphatic heterocycles. The lowest BCUT2D eigenvalue weighted by Crippen LogP contribution is -2.44. The lowest BCUT2D eigenvalue weighted by molar-refractivity contribution is -0.153. The molecular formula is C18H31NO3.